The van der Waals surface area contributed by atoms with Crippen molar-refractivity contribution in [2.75, 3.05) is 19.0 Å². The van der Waals surface area contributed by atoms with Gasteiger partial charge in [-0.05, 0) is 49.1 Å². The number of amides is 2. The van der Waals surface area contributed by atoms with Crippen molar-refractivity contribution in [3.8, 4) is 5.75 Å². The Bertz CT molecular complexity index is 1040. The predicted octanol–water partition coefficient (Wildman–Crippen LogP) is 3.68. The summed E-state index contributed by atoms with van der Waals surface area (Å²) in [4.78, 5) is 30.0. The van der Waals surface area contributed by atoms with Gasteiger partial charge in [0.25, 0.3) is 11.8 Å². The molecule has 0 aliphatic heterocycles. The minimum Gasteiger partial charge on any atom is -0.495 e. The zero-order valence-corrected chi connectivity index (χ0v) is 17.2. The lowest BCUT2D eigenvalue weighted by atomic mass is 10.1. The number of aromatic nitrogens is 2. The second-order valence-corrected chi connectivity index (χ2v) is 7.34. The molecule has 0 radical (unpaired) electrons. The van der Waals surface area contributed by atoms with E-state index in [1.165, 1.54) is 0 Å². The number of fused-ring (bicyclic) bond motifs is 1. The molecular formula is C22H26N4O3. The number of nitrogens with one attached hydrogen (secondary N) is 2. The van der Waals surface area contributed by atoms with Gasteiger partial charge in [-0.15, -0.1) is 0 Å². The number of carbonyl (C=O) groups is 2. The highest BCUT2D eigenvalue weighted by molar-refractivity contribution is 6.09. The fourth-order valence-electron chi connectivity index (χ4n) is 3.02. The molecule has 3 rings (SSSR count). The van der Waals surface area contributed by atoms with Crippen molar-refractivity contribution in [3.05, 3.63) is 59.7 Å². The number of anilines is 1. The molecule has 0 fully saturated rings. The van der Waals surface area contributed by atoms with Gasteiger partial charge in [0.1, 0.15) is 5.75 Å². The highest BCUT2D eigenvalue weighted by Gasteiger charge is 2.22. The zero-order valence-electron chi connectivity index (χ0n) is 17.2. The molecule has 0 atom stereocenters. The Morgan fingerprint density at radius 1 is 1.17 bits per heavy atom. The normalized spacial score (nSPS) is 10.9. The van der Waals surface area contributed by atoms with Gasteiger partial charge in [0.05, 0.1) is 18.3 Å². The molecule has 2 N–H and O–H groups in total. The number of methoxy groups -OCH3 is 1. The Hall–Kier alpha value is -3.35. The molecule has 0 aliphatic carbocycles. The van der Waals surface area contributed by atoms with Crippen LogP contribution in [0.5, 0.6) is 5.75 Å². The van der Waals surface area contributed by atoms with Gasteiger partial charge in [-0.1, -0.05) is 26.0 Å². The minimum absolute atomic E-state index is 0.183. The predicted molar refractivity (Wildman–Crippen MR) is 113 cm³/mol. The summed E-state index contributed by atoms with van der Waals surface area (Å²) < 4.78 is 6.96. The zero-order chi connectivity index (χ0) is 21.0. The van der Waals surface area contributed by atoms with Crippen LogP contribution < -0.4 is 15.4 Å². The highest BCUT2D eigenvalue weighted by atomic mass is 16.5. The van der Waals surface area contributed by atoms with Gasteiger partial charge in [0.2, 0.25) is 5.82 Å². The molecule has 1 aromatic carbocycles. The Balaban J connectivity index is 1.91. The largest absolute Gasteiger partial charge is 0.495 e. The summed E-state index contributed by atoms with van der Waals surface area (Å²) in [5.74, 6) is 0.515. The Morgan fingerprint density at radius 2 is 1.97 bits per heavy atom. The summed E-state index contributed by atoms with van der Waals surface area (Å²) in [6.07, 6.45) is 2.60. The molecule has 2 amide bonds. The molecule has 0 bridgehead atoms. The quantitative estimate of drug-likeness (QED) is 0.640. The van der Waals surface area contributed by atoms with Crippen LogP contribution in [0.2, 0.25) is 0 Å². The van der Waals surface area contributed by atoms with E-state index in [0.29, 0.717) is 29.4 Å². The average Bonchev–Trinajstić information content (AvgIpc) is 3.08. The average molecular weight is 394 g/mol. The number of imidazole rings is 1. The number of ether oxygens (including phenoxy) is 1. The van der Waals surface area contributed by atoms with Gasteiger partial charge in [-0.25, -0.2) is 4.98 Å². The first-order valence-electron chi connectivity index (χ1n) is 9.62. The maximum Gasteiger partial charge on any atom is 0.287 e. The SMILES string of the molecule is COc1ccc(C)cc1NC(=O)c1nc(C(=O)NCCC(C)C)n2ccccc12. The van der Waals surface area contributed by atoms with Crippen molar-refractivity contribution < 1.29 is 14.3 Å². The first-order valence-corrected chi connectivity index (χ1v) is 9.62. The van der Waals surface area contributed by atoms with Crippen LogP contribution in [0.4, 0.5) is 5.69 Å². The smallest absolute Gasteiger partial charge is 0.287 e. The number of benzene rings is 1. The molecule has 2 aromatic heterocycles. The van der Waals surface area contributed by atoms with Gasteiger partial charge in [0, 0.05) is 12.7 Å². The Morgan fingerprint density at radius 3 is 2.69 bits per heavy atom. The molecule has 0 saturated carbocycles. The summed E-state index contributed by atoms with van der Waals surface area (Å²) >= 11 is 0. The number of carbonyl (C=O) groups excluding carboxylic acids is 2. The lowest BCUT2D eigenvalue weighted by molar-refractivity contribution is 0.0941. The van der Waals surface area contributed by atoms with E-state index in [4.69, 9.17) is 4.74 Å². The number of hydrogen-bond donors (Lipinski definition) is 2. The summed E-state index contributed by atoms with van der Waals surface area (Å²) in [5.41, 5.74) is 2.28. The van der Waals surface area contributed by atoms with Crippen molar-refractivity contribution >= 4 is 23.0 Å². The van der Waals surface area contributed by atoms with Crippen LogP contribution in [0.1, 0.15) is 46.9 Å². The van der Waals surface area contributed by atoms with Crippen LogP contribution in [0, 0.1) is 12.8 Å². The van der Waals surface area contributed by atoms with Crippen molar-refractivity contribution in [2.24, 2.45) is 5.92 Å². The molecule has 0 saturated heterocycles. The lowest BCUT2D eigenvalue weighted by Crippen LogP contribution is -2.27. The third kappa shape index (κ3) is 4.56. The highest BCUT2D eigenvalue weighted by Crippen LogP contribution is 2.26. The lowest BCUT2D eigenvalue weighted by Gasteiger charge is -2.10. The number of pyridine rings is 1. The van der Waals surface area contributed by atoms with Gasteiger partial charge < -0.3 is 15.4 Å². The summed E-state index contributed by atoms with van der Waals surface area (Å²) in [6, 6.07) is 10.9. The van der Waals surface area contributed by atoms with Crippen molar-refractivity contribution in [1.82, 2.24) is 14.7 Å². The monoisotopic (exact) mass is 394 g/mol. The van der Waals surface area contributed by atoms with Gasteiger partial charge in [0.15, 0.2) is 5.69 Å². The molecular weight excluding hydrogens is 368 g/mol. The number of hydrogen-bond acceptors (Lipinski definition) is 4. The minimum atomic E-state index is -0.404. The van der Waals surface area contributed by atoms with Crippen LogP contribution in [0.25, 0.3) is 5.52 Å². The van der Waals surface area contributed by atoms with Crippen molar-refractivity contribution in [3.63, 3.8) is 0 Å². The standard InChI is InChI=1S/C22H26N4O3/c1-14(2)10-11-23-22(28)20-25-19(17-7-5-6-12-26(17)20)21(27)24-16-13-15(3)8-9-18(16)29-4/h5-9,12-14H,10-11H2,1-4H3,(H,23,28)(H,24,27). The Kier molecular flexibility index (Phi) is 6.16. The second-order valence-electron chi connectivity index (χ2n) is 7.34. The third-order valence-corrected chi connectivity index (χ3v) is 4.58. The first kappa shape index (κ1) is 20.4. The van der Waals surface area contributed by atoms with E-state index in [1.807, 2.05) is 25.1 Å². The third-order valence-electron chi connectivity index (χ3n) is 4.58. The number of rotatable bonds is 7. The van der Waals surface area contributed by atoms with Crippen LogP contribution in [0.3, 0.4) is 0 Å². The maximum atomic E-state index is 13.0. The van der Waals surface area contributed by atoms with Crippen LogP contribution >= 0.6 is 0 Å². The van der Waals surface area contributed by atoms with Gasteiger partial charge in [-0.2, -0.15) is 0 Å². The number of nitrogens with zero attached hydrogens (tertiary/aromatic N) is 2. The van der Waals surface area contributed by atoms with Crippen LogP contribution in [0.15, 0.2) is 42.6 Å². The van der Waals surface area contributed by atoms with E-state index in [-0.39, 0.29) is 17.4 Å². The topological polar surface area (TPSA) is 84.7 Å². The molecule has 7 nitrogen and oxygen atoms in total. The fourth-order valence-corrected chi connectivity index (χ4v) is 3.02. The maximum absolute atomic E-state index is 13.0. The second kappa shape index (κ2) is 8.77. The van der Waals surface area contributed by atoms with Crippen LogP contribution in [-0.4, -0.2) is 34.9 Å². The molecule has 7 heteroatoms. The first-order chi connectivity index (χ1) is 13.9. The molecule has 0 unspecified atom stereocenters. The number of aryl methyl sites for hydroxylation is 1. The van der Waals surface area contributed by atoms with Gasteiger partial charge >= 0.3 is 0 Å². The van der Waals surface area contributed by atoms with E-state index >= 15 is 0 Å². The molecule has 0 aliphatic rings. The van der Waals surface area contributed by atoms with Crippen LogP contribution in [-0.2, 0) is 0 Å². The summed E-state index contributed by atoms with van der Waals surface area (Å²) in [5, 5.41) is 5.73. The van der Waals surface area contributed by atoms with E-state index in [1.54, 1.807) is 35.9 Å². The molecule has 0 spiro atoms. The van der Waals surface area contributed by atoms with E-state index in [0.717, 1.165) is 12.0 Å². The molecule has 29 heavy (non-hydrogen) atoms. The molecule has 152 valence electrons. The van der Waals surface area contributed by atoms with E-state index < -0.39 is 5.91 Å². The van der Waals surface area contributed by atoms with E-state index in [9.17, 15) is 9.59 Å². The Labute approximate surface area is 170 Å². The fraction of sp³-hybridized carbons (Fsp3) is 0.318. The van der Waals surface area contributed by atoms with Crippen molar-refractivity contribution in [1.29, 1.82) is 0 Å². The summed E-state index contributed by atoms with van der Waals surface area (Å²) in [6.45, 7) is 6.68. The molecule has 3 aromatic rings. The van der Waals surface area contributed by atoms with Crippen molar-refractivity contribution in [2.45, 2.75) is 27.2 Å². The van der Waals surface area contributed by atoms with Gasteiger partial charge in [-0.3, -0.25) is 14.0 Å². The summed E-state index contributed by atoms with van der Waals surface area (Å²) in [7, 11) is 1.55. The van der Waals surface area contributed by atoms with E-state index in [2.05, 4.69) is 29.5 Å². The molecule has 2 heterocycles.